The summed E-state index contributed by atoms with van der Waals surface area (Å²) in [7, 11) is 0. The lowest BCUT2D eigenvalue weighted by molar-refractivity contribution is 0.156. The van der Waals surface area contributed by atoms with E-state index in [1.165, 1.54) is 24.8 Å². The number of hydrogen-bond donors (Lipinski definition) is 0. The molecule has 2 nitrogen and oxygen atoms in total. The SMILES string of the molecule is [CH2]COCCCCCCc1ccoc1. The van der Waals surface area contributed by atoms with Crippen LogP contribution < -0.4 is 0 Å². The first-order chi connectivity index (χ1) is 6.93. The van der Waals surface area contributed by atoms with Crippen LogP contribution in [0, 0.1) is 6.92 Å². The van der Waals surface area contributed by atoms with E-state index in [4.69, 9.17) is 9.15 Å². The maximum absolute atomic E-state index is 5.16. The summed E-state index contributed by atoms with van der Waals surface area (Å²) in [5.41, 5.74) is 1.30. The summed E-state index contributed by atoms with van der Waals surface area (Å²) < 4.78 is 10.2. The highest BCUT2D eigenvalue weighted by Gasteiger charge is 1.94. The van der Waals surface area contributed by atoms with Gasteiger partial charge in [0.1, 0.15) is 0 Å². The standard InChI is InChI=1S/C12H19O2/c1-2-13-9-6-4-3-5-7-12-8-10-14-11-12/h8,10-11H,1-7,9H2. The zero-order valence-corrected chi connectivity index (χ0v) is 8.71. The third kappa shape index (κ3) is 5.07. The summed E-state index contributed by atoms with van der Waals surface area (Å²) in [5.74, 6) is 0. The van der Waals surface area contributed by atoms with Gasteiger partial charge in [-0.1, -0.05) is 12.8 Å². The maximum Gasteiger partial charge on any atom is 0.0934 e. The molecule has 1 heterocycles. The normalized spacial score (nSPS) is 10.6. The van der Waals surface area contributed by atoms with E-state index in [1.807, 2.05) is 12.3 Å². The van der Waals surface area contributed by atoms with Gasteiger partial charge in [0.15, 0.2) is 0 Å². The van der Waals surface area contributed by atoms with Crippen molar-refractivity contribution < 1.29 is 9.15 Å². The summed E-state index contributed by atoms with van der Waals surface area (Å²) in [4.78, 5) is 0. The van der Waals surface area contributed by atoms with E-state index in [-0.39, 0.29) is 0 Å². The van der Waals surface area contributed by atoms with Crippen molar-refractivity contribution in [3.05, 3.63) is 31.1 Å². The minimum atomic E-state index is 0.592. The number of rotatable bonds is 8. The third-order valence-electron chi connectivity index (χ3n) is 2.23. The molecule has 0 amide bonds. The molecule has 0 unspecified atom stereocenters. The van der Waals surface area contributed by atoms with Crippen molar-refractivity contribution >= 4 is 0 Å². The Balaban J connectivity index is 1.85. The molecule has 0 saturated carbocycles. The Hall–Kier alpha value is -0.760. The lowest BCUT2D eigenvalue weighted by Gasteiger charge is -2.00. The van der Waals surface area contributed by atoms with Crippen LogP contribution in [0.15, 0.2) is 23.0 Å². The number of furan rings is 1. The largest absolute Gasteiger partial charge is 0.472 e. The van der Waals surface area contributed by atoms with Gasteiger partial charge in [-0.3, -0.25) is 0 Å². The van der Waals surface area contributed by atoms with Crippen LogP contribution in [0.25, 0.3) is 0 Å². The summed E-state index contributed by atoms with van der Waals surface area (Å²) >= 11 is 0. The summed E-state index contributed by atoms with van der Waals surface area (Å²) in [6.07, 6.45) is 9.60. The zero-order chi connectivity index (χ0) is 10.1. The van der Waals surface area contributed by atoms with Gasteiger partial charge in [-0.2, -0.15) is 0 Å². The van der Waals surface area contributed by atoms with Gasteiger partial charge in [-0.15, -0.1) is 0 Å². The van der Waals surface area contributed by atoms with Crippen LogP contribution in [0.1, 0.15) is 31.2 Å². The van der Waals surface area contributed by atoms with Gasteiger partial charge in [0, 0.05) is 13.2 Å². The molecule has 14 heavy (non-hydrogen) atoms. The molecule has 1 radical (unpaired) electrons. The highest BCUT2D eigenvalue weighted by Crippen LogP contribution is 2.08. The number of aryl methyl sites for hydroxylation is 1. The van der Waals surface area contributed by atoms with Crippen LogP contribution in [0.4, 0.5) is 0 Å². The predicted molar refractivity (Wildman–Crippen MR) is 57.1 cm³/mol. The molecule has 0 atom stereocenters. The van der Waals surface area contributed by atoms with Crippen molar-refractivity contribution in [2.45, 2.75) is 32.1 Å². The Morgan fingerprint density at radius 2 is 2.07 bits per heavy atom. The van der Waals surface area contributed by atoms with Crippen LogP contribution in [0.3, 0.4) is 0 Å². The number of unbranched alkanes of at least 4 members (excludes halogenated alkanes) is 3. The number of ether oxygens (including phenoxy) is 1. The summed E-state index contributed by atoms with van der Waals surface area (Å²) in [6, 6.07) is 2.03. The highest BCUT2D eigenvalue weighted by molar-refractivity contribution is 5.04. The minimum Gasteiger partial charge on any atom is -0.472 e. The maximum atomic E-state index is 5.16. The Morgan fingerprint density at radius 1 is 1.21 bits per heavy atom. The van der Waals surface area contributed by atoms with E-state index in [9.17, 15) is 0 Å². The second-order valence-electron chi connectivity index (χ2n) is 3.41. The molecule has 0 spiro atoms. The molecular formula is C12H19O2. The summed E-state index contributed by atoms with van der Waals surface area (Å²) in [6.45, 7) is 5.07. The second kappa shape index (κ2) is 7.63. The lowest BCUT2D eigenvalue weighted by Crippen LogP contribution is -1.93. The monoisotopic (exact) mass is 195 g/mol. The van der Waals surface area contributed by atoms with Gasteiger partial charge in [0.2, 0.25) is 0 Å². The van der Waals surface area contributed by atoms with Crippen molar-refractivity contribution in [1.29, 1.82) is 0 Å². The molecule has 79 valence electrons. The van der Waals surface area contributed by atoms with Crippen LogP contribution >= 0.6 is 0 Å². The van der Waals surface area contributed by atoms with E-state index < -0.39 is 0 Å². The fraction of sp³-hybridized carbons (Fsp3) is 0.583. The Labute approximate surface area is 86.3 Å². The van der Waals surface area contributed by atoms with E-state index in [0.29, 0.717) is 6.61 Å². The van der Waals surface area contributed by atoms with E-state index in [0.717, 1.165) is 19.4 Å². The Bertz CT molecular complexity index is 204. The second-order valence-corrected chi connectivity index (χ2v) is 3.41. The molecular weight excluding hydrogens is 176 g/mol. The Kier molecular flexibility index (Phi) is 6.16. The molecule has 0 saturated heterocycles. The van der Waals surface area contributed by atoms with Crippen molar-refractivity contribution in [2.75, 3.05) is 13.2 Å². The molecule has 0 aliphatic carbocycles. The predicted octanol–water partition coefficient (Wildman–Crippen LogP) is 3.23. The molecule has 1 rings (SSSR count). The molecule has 0 fully saturated rings. The van der Waals surface area contributed by atoms with Crippen molar-refractivity contribution in [3.63, 3.8) is 0 Å². The average Bonchev–Trinajstić information content (AvgIpc) is 2.69. The first-order valence-electron chi connectivity index (χ1n) is 5.31. The van der Waals surface area contributed by atoms with Crippen molar-refractivity contribution in [2.24, 2.45) is 0 Å². The number of hydrogen-bond acceptors (Lipinski definition) is 2. The first-order valence-corrected chi connectivity index (χ1v) is 5.31. The van der Waals surface area contributed by atoms with Crippen molar-refractivity contribution in [1.82, 2.24) is 0 Å². The van der Waals surface area contributed by atoms with Gasteiger partial charge in [0.25, 0.3) is 0 Å². The van der Waals surface area contributed by atoms with Gasteiger partial charge in [0.05, 0.1) is 12.5 Å². The highest BCUT2D eigenvalue weighted by atomic mass is 16.5. The molecule has 1 aromatic heterocycles. The molecule has 0 aliphatic heterocycles. The fourth-order valence-electron chi connectivity index (χ4n) is 1.42. The Morgan fingerprint density at radius 3 is 2.79 bits per heavy atom. The minimum absolute atomic E-state index is 0.592. The quantitative estimate of drug-likeness (QED) is 0.594. The van der Waals surface area contributed by atoms with Crippen LogP contribution in [-0.2, 0) is 11.2 Å². The first kappa shape index (κ1) is 11.3. The lowest BCUT2D eigenvalue weighted by atomic mass is 10.1. The topological polar surface area (TPSA) is 22.4 Å². The van der Waals surface area contributed by atoms with Gasteiger partial charge in [-0.25, -0.2) is 0 Å². The molecule has 1 aromatic rings. The van der Waals surface area contributed by atoms with Crippen molar-refractivity contribution in [3.8, 4) is 0 Å². The van der Waals surface area contributed by atoms with E-state index in [1.54, 1.807) is 6.26 Å². The van der Waals surface area contributed by atoms with E-state index in [2.05, 4.69) is 6.92 Å². The summed E-state index contributed by atoms with van der Waals surface area (Å²) in [5, 5.41) is 0. The molecule has 0 N–H and O–H groups in total. The molecule has 0 aliphatic rings. The molecule has 0 aromatic carbocycles. The average molecular weight is 195 g/mol. The van der Waals surface area contributed by atoms with E-state index >= 15 is 0 Å². The zero-order valence-electron chi connectivity index (χ0n) is 8.71. The third-order valence-corrected chi connectivity index (χ3v) is 2.23. The van der Waals surface area contributed by atoms with Crippen LogP contribution in [0.2, 0.25) is 0 Å². The molecule has 0 bridgehead atoms. The van der Waals surface area contributed by atoms with Gasteiger partial charge in [-0.05, 0) is 37.8 Å². The fourth-order valence-corrected chi connectivity index (χ4v) is 1.42. The van der Waals surface area contributed by atoms with Gasteiger partial charge < -0.3 is 9.15 Å². The molecule has 2 heteroatoms. The van der Waals surface area contributed by atoms with Gasteiger partial charge >= 0.3 is 0 Å². The van der Waals surface area contributed by atoms with Crippen LogP contribution in [0.5, 0.6) is 0 Å². The smallest absolute Gasteiger partial charge is 0.0934 e. The van der Waals surface area contributed by atoms with Crippen LogP contribution in [-0.4, -0.2) is 13.2 Å².